The lowest BCUT2D eigenvalue weighted by atomic mass is 9.71. The van der Waals surface area contributed by atoms with E-state index in [0.717, 1.165) is 24.0 Å². The summed E-state index contributed by atoms with van der Waals surface area (Å²) in [6.45, 7) is 18.4. The lowest BCUT2D eigenvalue weighted by Gasteiger charge is -2.54. The molecule has 17 heteroatoms. The van der Waals surface area contributed by atoms with Gasteiger partial charge in [0.1, 0.15) is 35.4 Å². The van der Waals surface area contributed by atoms with Crippen LogP contribution in [-0.2, 0) is 46.3 Å². The first-order valence-electron chi connectivity index (χ1n) is 23.7. The molecule has 370 valence electrons. The van der Waals surface area contributed by atoms with Gasteiger partial charge in [0.25, 0.3) is 0 Å². The summed E-state index contributed by atoms with van der Waals surface area (Å²) in [6.07, 6.45) is 1.79. The van der Waals surface area contributed by atoms with Gasteiger partial charge in [-0.05, 0) is 104 Å². The number of rotatable bonds is 20. The van der Waals surface area contributed by atoms with Crippen molar-refractivity contribution in [3.05, 3.63) is 71.8 Å². The first-order valence-corrected chi connectivity index (χ1v) is 23.7. The van der Waals surface area contributed by atoms with Crippen LogP contribution in [0.4, 0.5) is 9.59 Å². The second kappa shape index (κ2) is 24.4. The Morgan fingerprint density at radius 1 is 0.612 bits per heavy atom. The van der Waals surface area contributed by atoms with Gasteiger partial charge in [-0.1, -0.05) is 74.5 Å². The van der Waals surface area contributed by atoms with Crippen LogP contribution >= 0.6 is 0 Å². The van der Waals surface area contributed by atoms with E-state index in [1.807, 2.05) is 74.5 Å². The van der Waals surface area contributed by atoms with E-state index in [4.69, 9.17) is 15.2 Å². The Labute approximate surface area is 396 Å². The molecule has 7 N–H and O–H groups in total. The number of benzene rings is 2. The van der Waals surface area contributed by atoms with Crippen LogP contribution < -0.4 is 32.3 Å². The second-order valence-electron chi connectivity index (χ2n) is 20.6. The number of unbranched alkanes of at least 4 members (excludes halogenated alkanes) is 1. The molecule has 5 unspecified atom stereocenters. The van der Waals surface area contributed by atoms with Crippen molar-refractivity contribution < 1.29 is 43.0 Å². The van der Waals surface area contributed by atoms with E-state index < -0.39 is 71.3 Å². The van der Waals surface area contributed by atoms with E-state index >= 15 is 0 Å². The van der Waals surface area contributed by atoms with Gasteiger partial charge >= 0.3 is 12.2 Å². The number of alkyl carbamates (subject to hydrolysis) is 2. The van der Waals surface area contributed by atoms with Crippen LogP contribution in [0.1, 0.15) is 112 Å². The van der Waals surface area contributed by atoms with Crippen LogP contribution in [0.5, 0.6) is 0 Å². The lowest BCUT2D eigenvalue weighted by molar-refractivity contribution is -0.153. The fourth-order valence-corrected chi connectivity index (χ4v) is 8.27. The van der Waals surface area contributed by atoms with Gasteiger partial charge < -0.3 is 51.6 Å². The molecular weight excluding hydrogens is 857 g/mol. The predicted molar refractivity (Wildman–Crippen MR) is 255 cm³/mol. The molecule has 5 atom stereocenters. The van der Waals surface area contributed by atoms with E-state index in [1.165, 1.54) is 0 Å². The standard InChI is InChI=1S/C50H76N8O9/c1-33(2)28-38(54-42(60)39(29-35-18-12-10-13-19-35)55-43(61)40(30-36-20-14-11-15-21-36)56-47(65)67-49(7,8)9)41(59)53-37(22-16-17-25-52-46(64)66-48(4,5)6)45(63)58-31-50(32-58)23-26-57(27-24-50)44(62)34(3)51/h10-15,18-21,33-34,37-40H,16-17,22-32,51H2,1-9H3,(H,52,64)(H,53,59)(H,54,60)(H,55,61)(H,56,65). The molecule has 67 heavy (non-hydrogen) atoms. The topological polar surface area (TPSA) is 231 Å². The van der Waals surface area contributed by atoms with Crippen LogP contribution in [0.3, 0.4) is 0 Å². The zero-order valence-corrected chi connectivity index (χ0v) is 41.1. The Morgan fingerprint density at radius 3 is 1.57 bits per heavy atom. The molecule has 0 radical (unpaired) electrons. The number of piperidine rings is 1. The first kappa shape index (κ1) is 53.9. The van der Waals surface area contributed by atoms with Gasteiger partial charge in [0.2, 0.25) is 29.5 Å². The summed E-state index contributed by atoms with van der Waals surface area (Å²) >= 11 is 0. The highest BCUT2D eigenvalue weighted by Crippen LogP contribution is 2.41. The van der Waals surface area contributed by atoms with E-state index in [1.54, 1.807) is 58.3 Å². The summed E-state index contributed by atoms with van der Waals surface area (Å²) in [7, 11) is 0. The third kappa shape index (κ3) is 18.1. The number of nitrogens with zero attached hydrogens (tertiary/aromatic N) is 2. The predicted octanol–water partition coefficient (Wildman–Crippen LogP) is 4.36. The van der Waals surface area contributed by atoms with Crippen LogP contribution in [0.15, 0.2) is 60.7 Å². The summed E-state index contributed by atoms with van der Waals surface area (Å²) in [5.74, 6) is -2.20. The van der Waals surface area contributed by atoms with Gasteiger partial charge in [0.15, 0.2) is 0 Å². The Balaban J connectivity index is 1.52. The van der Waals surface area contributed by atoms with Crippen molar-refractivity contribution in [3.63, 3.8) is 0 Å². The number of carbonyl (C=O) groups is 7. The van der Waals surface area contributed by atoms with Crippen LogP contribution in [0.2, 0.25) is 0 Å². The number of nitrogens with two attached hydrogens (primary N) is 1. The Hall–Kier alpha value is -5.71. The van der Waals surface area contributed by atoms with Crippen LogP contribution in [0.25, 0.3) is 0 Å². The number of amides is 7. The highest BCUT2D eigenvalue weighted by molar-refractivity contribution is 5.95. The van der Waals surface area contributed by atoms with Crippen LogP contribution in [0, 0.1) is 11.3 Å². The third-order valence-electron chi connectivity index (χ3n) is 11.6. The van der Waals surface area contributed by atoms with Crippen molar-refractivity contribution in [1.82, 2.24) is 36.4 Å². The van der Waals surface area contributed by atoms with Gasteiger partial charge in [-0.15, -0.1) is 0 Å². The zero-order chi connectivity index (χ0) is 49.5. The summed E-state index contributed by atoms with van der Waals surface area (Å²) in [4.78, 5) is 98.6. The summed E-state index contributed by atoms with van der Waals surface area (Å²) in [5.41, 5.74) is 5.75. The molecule has 2 heterocycles. The molecule has 7 amide bonds. The Kier molecular flexibility index (Phi) is 19.6. The van der Waals surface area contributed by atoms with E-state index in [9.17, 15) is 33.6 Å². The second-order valence-corrected chi connectivity index (χ2v) is 20.6. The molecule has 2 aliphatic heterocycles. The maximum atomic E-state index is 14.4. The minimum atomic E-state index is -1.17. The molecule has 1 spiro atoms. The quantitative estimate of drug-likeness (QED) is 0.103. The normalized spacial score (nSPS) is 16.9. The highest BCUT2D eigenvalue weighted by atomic mass is 16.6. The molecule has 2 fully saturated rings. The van der Waals surface area contributed by atoms with E-state index in [2.05, 4.69) is 26.6 Å². The molecule has 2 aliphatic rings. The zero-order valence-electron chi connectivity index (χ0n) is 41.1. The number of likely N-dealkylation sites (tertiary alicyclic amines) is 2. The van der Waals surface area contributed by atoms with Gasteiger partial charge in [0.05, 0.1) is 6.04 Å². The van der Waals surface area contributed by atoms with Crippen molar-refractivity contribution in [2.75, 3.05) is 32.7 Å². The van der Waals surface area contributed by atoms with Crippen molar-refractivity contribution in [3.8, 4) is 0 Å². The SMILES string of the molecule is CC(C)CC(NC(=O)C(Cc1ccccc1)NC(=O)C(Cc1ccccc1)NC(=O)OC(C)(C)C)C(=O)NC(CCCCNC(=O)OC(C)(C)C)C(=O)N1CC2(CCN(C(=O)C(C)N)CC2)C1. The van der Waals surface area contributed by atoms with Crippen molar-refractivity contribution in [2.24, 2.45) is 17.1 Å². The maximum absolute atomic E-state index is 14.4. The summed E-state index contributed by atoms with van der Waals surface area (Å²) < 4.78 is 10.8. The fourth-order valence-electron chi connectivity index (χ4n) is 8.27. The molecular formula is C50H76N8O9. The third-order valence-corrected chi connectivity index (χ3v) is 11.6. The summed E-state index contributed by atoms with van der Waals surface area (Å²) in [5, 5.41) is 14.2. The number of hydrogen-bond acceptors (Lipinski definition) is 10. The maximum Gasteiger partial charge on any atom is 0.408 e. The molecule has 2 aromatic rings. The molecule has 2 aromatic carbocycles. The average Bonchev–Trinajstić information content (AvgIpc) is 3.23. The first-order chi connectivity index (χ1) is 31.4. The Bertz CT molecular complexity index is 1970. The highest BCUT2D eigenvalue weighted by Gasteiger charge is 2.48. The number of carbonyl (C=O) groups excluding carboxylic acids is 7. The minimum absolute atomic E-state index is 0.0603. The van der Waals surface area contributed by atoms with Gasteiger partial charge in [0, 0.05) is 51.0 Å². The average molecular weight is 933 g/mol. The van der Waals surface area contributed by atoms with Gasteiger partial charge in [-0.2, -0.15) is 0 Å². The number of hydrogen-bond donors (Lipinski definition) is 6. The number of nitrogens with one attached hydrogen (secondary N) is 5. The smallest absolute Gasteiger partial charge is 0.408 e. The van der Waals surface area contributed by atoms with E-state index in [-0.39, 0.29) is 48.8 Å². The largest absolute Gasteiger partial charge is 0.444 e. The minimum Gasteiger partial charge on any atom is -0.444 e. The molecule has 0 aliphatic carbocycles. The lowest BCUT2D eigenvalue weighted by Crippen LogP contribution is -2.66. The monoisotopic (exact) mass is 933 g/mol. The number of ether oxygens (including phenoxy) is 2. The fraction of sp³-hybridized carbons (Fsp3) is 0.620. The molecule has 4 rings (SSSR count). The van der Waals surface area contributed by atoms with Crippen LogP contribution in [-0.4, -0.2) is 126 Å². The van der Waals surface area contributed by atoms with Crippen molar-refractivity contribution in [2.45, 2.75) is 155 Å². The Morgan fingerprint density at radius 2 is 1.07 bits per heavy atom. The molecule has 0 aromatic heterocycles. The van der Waals surface area contributed by atoms with Crippen molar-refractivity contribution >= 4 is 41.7 Å². The van der Waals surface area contributed by atoms with E-state index in [0.29, 0.717) is 45.6 Å². The molecule has 2 saturated heterocycles. The molecule has 0 bridgehead atoms. The van der Waals surface area contributed by atoms with Gasteiger partial charge in [-0.3, -0.25) is 24.0 Å². The molecule has 0 saturated carbocycles. The summed E-state index contributed by atoms with van der Waals surface area (Å²) in [6, 6.07) is 13.4. The molecule has 17 nitrogen and oxygen atoms in total. The van der Waals surface area contributed by atoms with Crippen molar-refractivity contribution in [1.29, 1.82) is 0 Å². The van der Waals surface area contributed by atoms with Gasteiger partial charge in [-0.25, -0.2) is 9.59 Å².